The number of aliphatic hydroxyl groups is 1. The number of hydrogen-bond acceptors (Lipinski definition) is 3. The number of aliphatic hydroxyl groups excluding tert-OH is 1. The van der Waals surface area contributed by atoms with Crippen LogP contribution < -0.4 is 0 Å². The Hall–Kier alpha value is -0.410. The minimum atomic E-state index is -0.252. The molecule has 2 aliphatic rings. The van der Waals surface area contributed by atoms with Crippen LogP contribution in [0.25, 0.3) is 0 Å². The summed E-state index contributed by atoms with van der Waals surface area (Å²) in [5.41, 5.74) is -0.220. The number of rotatable bonds is 1. The van der Waals surface area contributed by atoms with Crippen molar-refractivity contribution in [3.63, 3.8) is 0 Å². The lowest BCUT2D eigenvalue weighted by Gasteiger charge is -2.06. The molecule has 2 fully saturated rings. The van der Waals surface area contributed by atoms with Crippen LogP contribution in [-0.2, 0) is 4.74 Å². The summed E-state index contributed by atoms with van der Waals surface area (Å²) in [5.74, 6) is 0. The van der Waals surface area contributed by atoms with Gasteiger partial charge in [-0.3, -0.25) is 0 Å². The molecule has 1 saturated heterocycles. The third-order valence-corrected chi connectivity index (χ3v) is 2.41. The maximum atomic E-state index is 9.13. The van der Waals surface area contributed by atoms with Gasteiger partial charge in [0.15, 0.2) is 0 Å². The van der Waals surface area contributed by atoms with Gasteiger partial charge in [0.1, 0.15) is 0 Å². The third-order valence-electron chi connectivity index (χ3n) is 2.41. The van der Waals surface area contributed by atoms with Crippen molar-refractivity contribution in [3.05, 3.63) is 0 Å². The maximum Gasteiger partial charge on any atom is 0.0976 e. The molecular formula is C7H11NO2. The van der Waals surface area contributed by atoms with Gasteiger partial charge in [-0.15, -0.1) is 0 Å². The van der Waals surface area contributed by atoms with E-state index in [0.717, 1.165) is 19.3 Å². The monoisotopic (exact) mass is 141 g/mol. The van der Waals surface area contributed by atoms with E-state index in [1.54, 1.807) is 0 Å². The SMILES string of the molecule is N=C[C@@H]1CCC2(CC2O)O1. The lowest BCUT2D eigenvalue weighted by atomic mass is 10.2. The molecule has 1 heterocycles. The summed E-state index contributed by atoms with van der Waals surface area (Å²) < 4.78 is 5.43. The smallest absolute Gasteiger partial charge is 0.0976 e. The van der Waals surface area contributed by atoms with Crippen molar-refractivity contribution in [1.29, 1.82) is 5.41 Å². The molecule has 1 aliphatic heterocycles. The molecule has 3 atom stereocenters. The average molecular weight is 141 g/mol. The van der Waals surface area contributed by atoms with Gasteiger partial charge in [0, 0.05) is 12.6 Å². The van der Waals surface area contributed by atoms with Crippen LogP contribution in [0.4, 0.5) is 0 Å². The fourth-order valence-corrected chi connectivity index (χ4v) is 1.59. The maximum absolute atomic E-state index is 9.13. The summed E-state index contributed by atoms with van der Waals surface area (Å²) in [5, 5.41) is 16.1. The molecule has 3 nitrogen and oxygen atoms in total. The lowest BCUT2D eigenvalue weighted by Crippen LogP contribution is -2.16. The Morgan fingerprint density at radius 3 is 2.70 bits per heavy atom. The van der Waals surface area contributed by atoms with Gasteiger partial charge in [-0.1, -0.05) is 0 Å². The minimum absolute atomic E-state index is 0.0304. The first kappa shape index (κ1) is 6.31. The Bertz CT molecular complexity index is 171. The van der Waals surface area contributed by atoms with Crippen molar-refractivity contribution in [2.75, 3.05) is 0 Å². The van der Waals surface area contributed by atoms with Gasteiger partial charge in [-0.05, 0) is 12.8 Å². The summed E-state index contributed by atoms with van der Waals surface area (Å²) in [7, 11) is 0. The molecule has 0 amide bonds. The van der Waals surface area contributed by atoms with Crippen molar-refractivity contribution in [3.8, 4) is 0 Å². The topological polar surface area (TPSA) is 53.3 Å². The first-order chi connectivity index (χ1) is 4.77. The van der Waals surface area contributed by atoms with E-state index in [1.807, 2.05) is 0 Å². The third kappa shape index (κ3) is 0.707. The Morgan fingerprint density at radius 1 is 1.70 bits per heavy atom. The molecule has 10 heavy (non-hydrogen) atoms. The molecule has 2 N–H and O–H groups in total. The van der Waals surface area contributed by atoms with E-state index in [9.17, 15) is 0 Å². The van der Waals surface area contributed by atoms with E-state index >= 15 is 0 Å². The lowest BCUT2D eigenvalue weighted by molar-refractivity contribution is 0.0283. The van der Waals surface area contributed by atoms with Crippen LogP contribution in [0.1, 0.15) is 19.3 Å². The van der Waals surface area contributed by atoms with Crippen LogP contribution in [0, 0.1) is 5.41 Å². The van der Waals surface area contributed by atoms with Crippen molar-refractivity contribution in [2.45, 2.75) is 37.1 Å². The van der Waals surface area contributed by atoms with Crippen LogP contribution in [-0.4, -0.2) is 29.1 Å². The van der Waals surface area contributed by atoms with Gasteiger partial charge in [-0.25, -0.2) is 0 Å². The molecule has 2 unspecified atom stereocenters. The average Bonchev–Trinajstić information content (AvgIpc) is 2.43. The second-order valence-corrected chi connectivity index (χ2v) is 3.15. The largest absolute Gasteiger partial charge is 0.390 e. The fourth-order valence-electron chi connectivity index (χ4n) is 1.59. The highest BCUT2D eigenvalue weighted by molar-refractivity contribution is 5.60. The van der Waals surface area contributed by atoms with Crippen molar-refractivity contribution in [2.24, 2.45) is 0 Å². The summed E-state index contributed by atoms with van der Waals surface area (Å²) in [6.45, 7) is 0. The zero-order valence-corrected chi connectivity index (χ0v) is 5.71. The van der Waals surface area contributed by atoms with E-state index in [1.165, 1.54) is 6.21 Å². The highest BCUT2D eigenvalue weighted by atomic mass is 16.5. The summed E-state index contributed by atoms with van der Waals surface area (Å²) in [4.78, 5) is 0. The quantitative estimate of drug-likeness (QED) is 0.516. The molecule has 1 spiro atoms. The van der Waals surface area contributed by atoms with Gasteiger partial charge >= 0.3 is 0 Å². The standard InChI is InChI=1S/C7H11NO2/c8-4-5-1-2-7(10-5)3-6(7)9/h4-6,8-9H,1-3H2/t5-,6?,7?/m0/s1. The zero-order valence-electron chi connectivity index (χ0n) is 5.71. The van der Waals surface area contributed by atoms with E-state index < -0.39 is 0 Å². The predicted octanol–water partition coefficient (Wildman–Crippen LogP) is 0.318. The van der Waals surface area contributed by atoms with Crippen LogP contribution in [0.15, 0.2) is 0 Å². The Kier molecular flexibility index (Phi) is 1.13. The minimum Gasteiger partial charge on any atom is -0.390 e. The Balaban J connectivity index is 2.00. The molecule has 0 aromatic heterocycles. The summed E-state index contributed by atoms with van der Waals surface area (Å²) >= 11 is 0. The first-order valence-electron chi connectivity index (χ1n) is 3.63. The van der Waals surface area contributed by atoms with E-state index in [2.05, 4.69) is 0 Å². The predicted molar refractivity (Wildman–Crippen MR) is 36.2 cm³/mol. The normalized spacial score (nSPS) is 51.7. The molecule has 0 radical (unpaired) electrons. The second kappa shape index (κ2) is 1.80. The zero-order chi connectivity index (χ0) is 7.19. The van der Waals surface area contributed by atoms with E-state index in [0.29, 0.717) is 0 Å². The van der Waals surface area contributed by atoms with Crippen LogP contribution in [0.2, 0.25) is 0 Å². The van der Waals surface area contributed by atoms with Gasteiger partial charge in [0.25, 0.3) is 0 Å². The highest BCUT2D eigenvalue weighted by Crippen LogP contribution is 2.49. The van der Waals surface area contributed by atoms with Crippen molar-refractivity contribution >= 4 is 6.21 Å². The summed E-state index contributed by atoms with van der Waals surface area (Å²) in [6, 6.07) is 0. The van der Waals surface area contributed by atoms with E-state index in [-0.39, 0.29) is 17.8 Å². The van der Waals surface area contributed by atoms with Gasteiger partial charge < -0.3 is 15.3 Å². The molecule has 3 heteroatoms. The van der Waals surface area contributed by atoms with Gasteiger partial charge in [0.2, 0.25) is 0 Å². The molecular weight excluding hydrogens is 130 g/mol. The molecule has 0 bridgehead atoms. The fraction of sp³-hybridized carbons (Fsp3) is 0.857. The van der Waals surface area contributed by atoms with Crippen molar-refractivity contribution in [1.82, 2.24) is 0 Å². The molecule has 2 rings (SSSR count). The molecule has 56 valence electrons. The second-order valence-electron chi connectivity index (χ2n) is 3.15. The van der Waals surface area contributed by atoms with Crippen LogP contribution in [0.5, 0.6) is 0 Å². The number of hydrogen-bond donors (Lipinski definition) is 2. The van der Waals surface area contributed by atoms with Crippen LogP contribution >= 0.6 is 0 Å². The Labute approximate surface area is 59.5 Å². The first-order valence-corrected chi connectivity index (χ1v) is 3.63. The molecule has 1 aliphatic carbocycles. The molecule has 1 saturated carbocycles. The van der Waals surface area contributed by atoms with E-state index in [4.69, 9.17) is 15.3 Å². The van der Waals surface area contributed by atoms with Crippen molar-refractivity contribution < 1.29 is 9.84 Å². The summed E-state index contributed by atoms with van der Waals surface area (Å²) in [6.07, 6.45) is 3.64. The Morgan fingerprint density at radius 2 is 2.40 bits per heavy atom. The number of ether oxygens (including phenoxy) is 1. The number of nitrogens with one attached hydrogen (secondary N) is 1. The van der Waals surface area contributed by atoms with Gasteiger partial charge in [-0.2, -0.15) is 0 Å². The molecule has 0 aromatic rings. The van der Waals surface area contributed by atoms with Gasteiger partial charge in [0.05, 0.1) is 17.8 Å². The highest BCUT2D eigenvalue weighted by Gasteiger charge is 2.58. The molecule has 0 aromatic carbocycles. The van der Waals surface area contributed by atoms with Crippen LogP contribution in [0.3, 0.4) is 0 Å².